The standard InChI is InChI=1S/C28H29Cl3N2O3/c1-3-19(2)32-28(35)25(16-20-9-5-4-6-10-20)33(17-21-13-14-22(29)24(31)15-21)27(34)18-36-26-12-8-7-11-23(26)30/h4-15,19,25H,3,16-18H2,1-2H3,(H,32,35)/t19-,25-/m1/s1. The molecule has 5 nitrogen and oxygen atoms in total. The van der Waals surface area contributed by atoms with Gasteiger partial charge in [-0.15, -0.1) is 0 Å². The molecule has 0 bridgehead atoms. The van der Waals surface area contributed by atoms with Crippen molar-refractivity contribution in [1.82, 2.24) is 10.2 Å². The second-order valence-corrected chi connectivity index (χ2v) is 9.73. The van der Waals surface area contributed by atoms with E-state index < -0.39 is 6.04 Å². The minimum absolute atomic E-state index is 0.0444. The molecule has 3 rings (SSSR count). The molecule has 0 heterocycles. The van der Waals surface area contributed by atoms with Crippen LogP contribution in [0.4, 0.5) is 0 Å². The summed E-state index contributed by atoms with van der Waals surface area (Å²) in [6.07, 6.45) is 1.10. The molecule has 3 aromatic carbocycles. The van der Waals surface area contributed by atoms with Crippen LogP contribution in [0.25, 0.3) is 0 Å². The fraction of sp³-hybridized carbons (Fsp3) is 0.286. The molecule has 0 aliphatic carbocycles. The van der Waals surface area contributed by atoms with E-state index in [1.807, 2.05) is 44.2 Å². The summed E-state index contributed by atoms with van der Waals surface area (Å²) in [5, 5.41) is 4.22. The molecule has 0 fully saturated rings. The van der Waals surface area contributed by atoms with E-state index in [1.165, 1.54) is 4.90 Å². The lowest BCUT2D eigenvalue weighted by atomic mass is 10.0. The highest BCUT2D eigenvalue weighted by Gasteiger charge is 2.31. The number of hydrogen-bond donors (Lipinski definition) is 1. The van der Waals surface area contributed by atoms with Gasteiger partial charge in [0.05, 0.1) is 15.1 Å². The van der Waals surface area contributed by atoms with E-state index in [1.54, 1.807) is 42.5 Å². The van der Waals surface area contributed by atoms with Gasteiger partial charge < -0.3 is 15.0 Å². The number of carbonyl (C=O) groups excluding carboxylic acids is 2. The highest BCUT2D eigenvalue weighted by molar-refractivity contribution is 6.42. The molecule has 8 heteroatoms. The van der Waals surface area contributed by atoms with Crippen molar-refractivity contribution >= 4 is 46.6 Å². The maximum Gasteiger partial charge on any atom is 0.261 e. The van der Waals surface area contributed by atoms with Gasteiger partial charge in [-0.05, 0) is 48.7 Å². The largest absolute Gasteiger partial charge is 0.482 e. The van der Waals surface area contributed by atoms with Crippen LogP contribution < -0.4 is 10.1 Å². The van der Waals surface area contributed by atoms with Gasteiger partial charge in [-0.25, -0.2) is 0 Å². The van der Waals surface area contributed by atoms with Crippen LogP contribution in [-0.2, 0) is 22.6 Å². The lowest BCUT2D eigenvalue weighted by Crippen LogP contribution is -2.53. The van der Waals surface area contributed by atoms with Gasteiger partial charge in [0.2, 0.25) is 5.91 Å². The Morgan fingerprint density at radius 2 is 1.58 bits per heavy atom. The average Bonchev–Trinajstić information content (AvgIpc) is 2.88. The third kappa shape index (κ3) is 7.89. The van der Waals surface area contributed by atoms with Gasteiger partial charge in [-0.3, -0.25) is 9.59 Å². The monoisotopic (exact) mass is 546 g/mol. The van der Waals surface area contributed by atoms with Crippen LogP contribution in [0.1, 0.15) is 31.4 Å². The summed E-state index contributed by atoms with van der Waals surface area (Å²) in [6, 6.07) is 20.9. The number of ether oxygens (including phenoxy) is 1. The summed E-state index contributed by atoms with van der Waals surface area (Å²) in [6.45, 7) is 3.79. The van der Waals surface area contributed by atoms with Gasteiger partial charge in [-0.1, -0.05) is 90.3 Å². The van der Waals surface area contributed by atoms with Crippen molar-refractivity contribution in [3.63, 3.8) is 0 Å². The van der Waals surface area contributed by atoms with Crippen LogP contribution in [0.2, 0.25) is 15.1 Å². The normalized spacial score (nSPS) is 12.5. The topological polar surface area (TPSA) is 58.6 Å². The number of nitrogens with zero attached hydrogens (tertiary/aromatic N) is 1. The zero-order valence-electron chi connectivity index (χ0n) is 20.2. The Hall–Kier alpha value is -2.73. The highest BCUT2D eigenvalue weighted by Crippen LogP contribution is 2.26. The number of carbonyl (C=O) groups is 2. The van der Waals surface area contributed by atoms with Crippen LogP contribution in [-0.4, -0.2) is 35.4 Å². The number of hydrogen-bond acceptors (Lipinski definition) is 3. The van der Waals surface area contributed by atoms with Crippen molar-refractivity contribution in [2.75, 3.05) is 6.61 Å². The maximum absolute atomic E-state index is 13.6. The van der Waals surface area contributed by atoms with E-state index in [0.717, 1.165) is 17.5 Å². The Balaban J connectivity index is 1.94. The van der Waals surface area contributed by atoms with Gasteiger partial charge in [0.15, 0.2) is 6.61 Å². The van der Waals surface area contributed by atoms with E-state index in [9.17, 15) is 9.59 Å². The molecule has 0 spiro atoms. The van der Waals surface area contributed by atoms with Crippen molar-refractivity contribution in [3.8, 4) is 5.75 Å². The first-order chi connectivity index (χ1) is 17.3. The Morgan fingerprint density at radius 3 is 2.25 bits per heavy atom. The minimum Gasteiger partial charge on any atom is -0.482 e. The minimum atomic E-state index is -0.779. The summed E-state index contributed by atoms with van der Waals surface area (Å²) in [7, 11) is 0. The molecule has 0 aliphatic rings. The van der Waals surface area contributed by atoms with E-state index in [4.69, 9.17) is 39.5 Å². The van der Waals surface area contributed by atoms with Crippen LogP contribution in [0.5, 0.6) is 5.75 Å². The lowest BCUT2D eigenvalue weighted by molar-refractivity contribution is -0.143. The Kier molecular flexibility index (Phi) is 10.5. The molecule has 36 heavy (non-hydrogen) atoms. The predicted octanol–water partition coefficient (Wildman–Crippen LogP) is 6.58. The summed E-state index contributed by atoms with van der Waals surface area (Å²) in [4.78, 5) is 28.6. The Morgan fingerprint density at radius 1 is 0.889 bits per heavy atom. The molecule has 0 unspecified atom stereocenters. The summed E-state index contributed by atoms with van der Waals surface area (Å²) in [5.41, 5.74) is 1.67. The first-order valence-corrected chi connectivity index (χ1v) is 12.9. The summed E-state index contributed by atoms with van der Waals surface area (Å²) in [5.74, 6) is -0.203. The Bertz CT molecular complexity index is 1170. The number of para-hydroxylation sites is 1. The second-order valence-electron chi connectivity index (χ2n) is 8.51. The van der Waals surface area contributed by atoms with Gasteiger partial charge >= 0.3 is 0 Å². The zero-order valence-corrected chi connectivity index (χ0v) is 22.5. The zero-order chi connectivity index (χ0) is 26.1. The predicted molar refractivity (Wildman–Crippen MR) is 146 cm³/mol. The molecule has 0 saturated heterocycles. The SMILES string of the molecule is CC[C@@H](C)NC(=O)[C@@H](Cc1ccccc1)N(Cc1ccc(Cl)c(Cl)c1)C(=O)COc1ccccc1Cl. The number of halogens is 3. The molecule has 0 aliphatic heterocycles. The fourth-order valence-corrected chi connectivity index (χ4v) is 4.12. The Labute approximate surface area is 227 Å². The quantitative estimate of drug-likeness (QED) is 0.295. The fourth-order valence-electron chi connectivity index (χ4n) is 3.61. The number of rotatable bonds is 11. The van der Waals surface area contributed by atoms with Crippen molar-refractivity contribution < 1.29 is 14.3 Å². The first-order valence-electron chi connectivity index (χ1n) is 11.7. The first kappa shape index (κ1) is 27.9. The molecule has 2 amide bonds. The third-order valence-corrected chi connectivity index (χ3v) is 6.85. The van der Waals surface area contributed by atoms with E-state index >= 15 is 0 Å². The number of benzene rings is 3. The lowest BCUT2D eigenvalue weighted by Gasteiger charge is -2.32. The van der Waals surface area contributed by atoms with Gasteiger partial charge in [0.25, 0.3) is 5.91 Å². The molecule has 0 radical (unpaired) electrons. The van der Waals surface area contributed by atoms with Crippen molar-refractivity contribution in [2.24, 2.45) is 0 Å². The maximum atomic E-state index is 13.6. The average molecular weight is 548 g/mol. The van der Waals surface area contributed by atoms with Gasteiger partial charge in [-0.2, -0.15) is 0 Å². The van der Waals surface area contributed by atoms with Gasteiger partial charge in [0, 0.05) is 19.0 Å². The van der Waals surface area contributed by atoms with Crippen LogP contribution in [0.15, 0.2) is 72.8 Å². The second kappa shape index (κ2) is 13.5. The van der Waals surface area contributed by atoms with Crippen molar-refractivity contribution in [2.45, 2.75) is 45.3 Å². The number of nitrogens with one attached hydrogen (secondary N) is 1. The van der Waals surface area contributed by atoms with Crippen molar-refractivity contribution in [3.05, 3.63) is 99.0 Å². The van der Waals surface area contributed by atoms with Crippen LogP contribution >= 0.6 is 34.8 Å². The number of amides is 2. The van der Waals surface area contributed by atoms with E-state index in [0.29, 0.717) is 27.2 Å². The third-order valence-electron chi connectivity index (χ3n) is 5.80. The van der Waals surface area contributed by atoms with Crippen LogP contribution in [0.3, 0.4) is 0 Å². The molecule has 2 atom stereocenters. The van der Waals surface area contributed by atoms with Gasteiger partial charge in [0.1, 0.15) is 11.8 Å². The van der Waals surface area contributed by atoms with Crippen LogP contribution in [0, 0.1) is 0 Å². The summed E-state index contributed by atoms with van der Waals surface area (Å²) < 4.78 is 5.74. The van der Waals surface area contributed by atoms with E-state index in [2.05, 4.69) is 5.32 Å². The summed E-state index contributed by atoms with van der Waals surface area (Å²) >= 11 is 18.5. The molecular weight excluding hydrogens is 519 g/mol. The molecule has 0 aromatic heterocycles. The molecule has 190 valence electrons. The highest BCUT2D eigenvalue weighted by atomic mass is 35.5. The molecular formula is C28H29Cl3N2O3. The van der Waals surface area contributed by atoms with Crippen molar-refractivity contribution in [1.29, 1.82) is 0 Å². The van der Waals surface area contributed by atoms with E-state index in [-0.39, 0.29) is 31.0 Å². The molecule has 1 N–H and O–H groups in total. The molecule has 3 aromatic rings. The molecule has 0 saturated carbocycles. The smallest absolute Gasteiger partial charge is 0.261 e.